The molecule has 0 aliphatic rings. The third kappa shape index (κ3) is 2.64. The van der Waals surface area contributed by atoms with Crippen molar-refractivity contribution in [1.82, 2.24) is 15.0 Å². The van der Waals surface area contributed by atoms with Crippen LogP contribution >= 0.6 is 0 Å². The van der Waals surface area contributed by atoms with E-state index in [9.17, 15) is 4.79 Å². The number of fused-ring (bicyclic) bond motifs is 1. The number of nitrogens with one attached hydrogen (secondary N) is 2. The Labute approximate surface area is 121 Å². The summed E-state index contributed by atoms with van der Waals surface area (Å²) in [6.45, 7) is 0. The molecule has 3 rings (SSSR count). The molecule has 104 valence electrons. The highest BCUT2D eigenvalue weighted by Crippen LogP contribution is 2.22. The molecular weight excluding hydrogens is 266 g/mol. The average molecular weight is 279 g/mol. The van der Waals surface area contributed by atoms with Crippen molar-refractivity contribution in [2.45, 2.75) is 0 Å². The molecule has 6 nitrogen and oxygen atoms in total. The van der Waals surface area contributed by atoms with E-state index in [0.717, 1.165) is 10.8 Å². The molecule has 1 aromatic carbocycles. The molecule has 0 unspecified atom stereocenters. The number of nitrogens with zero attached hydrogens (tertiary/aromatic N) is 3. The number of hydrogen-bond donors (Lipinski definition) is 2. The van der Waals surface area contributed by atoms with Gasteiger partial charge in [-0.05, 0) is 11.5 Å². The number of carbonyl (C=O) groups is 1. The quantitative estimate of drug-likeness (QED) is 0.769. The fourth-order valence-electron chi connectivity index (χ4n) is 2.05. The van der Waals surface area contributed by atoms with Gasteiger partial charge < -0.3 is 10.6 Å². The molecule has 2 aromatic heterocycles. The van der Waals surface area contributed by atoms with E-state index in [1.807, 2.05) is 24.3 Å². The van der Waals surface area contributed by atoms with Crippen LogP contribution in [0.15, 0.2) is 48.9 Å². The summed E-state index contributed by atoms with van der Waals surface area (Å²) in [6, 6.07) is 9.51. The van der Waals surface area contributed by atoms with Crippen LogP contribution in [0.5, 0.6) is 0 Å². The van der Waals surface area contributed by atoms with Gasteiger partial charge in [-0.25, -0.2) is 9.97 Å². The lowest BCUT2D eigenvalue weighted by Crippen LogP contribution is -2.15. The van der Waals surface area contributed by atoms with Gasteiger partial charge in [0.2, 0.25) is 0 Å². The molecule has 0 aliphatic heterocycles. The van der Waals surface area contributed by atoms with Crippen LogP contribution in [-0.2, 0) is 0 Å². The van der Waals surface area contributed by atoms with Crippen LogP contribution in [0, 0.1) is 0 Å². The second-order valence-electron chi connectivity index (χ2n) is 4.37. The molecule has 3 aromatic rings. The number of hydrogen-bond acceptors (Lipinski definition) is 5. The van der Waals surface area contributed by atoms with E-state index in [1.165, 1.54) is 12.4 Å². The van der Waals surface area contributed by atoms with E-state index < -0.39 is 0 Å². The van der Waals surface area contributed by atoms with Crippen LogP contribution in [0.1, 0.15) is 10.5 Å². The summed E-state index contributed by atoms with van der Waals surface area (Å²) in [5, 5.41) is 7.60. The van der Waals surface area contributed by atoms with Crippen molar-refractivity contribution >= 4 is 28.3 Å². The Morgan fingerprint density at radius 2 is 2.05 bits per heavy atom. The van der Waals surface area contributed by atoms with Crippen molar-refractivity contribution < 1.29 is 4.79 Å². The van der Waals surface area contributed by atoms with Gasteiger partial charge in [-0.15, -0.1) is 0 Å². The summed E-state index contributed by atoms with van der Waals surface area (Å²) in [6.07, 6.45) is 4.55. The molecule has 0 aliphatic carbocycles. The lowest BCUT2D eigenvalue weighted by atomic mass is 10.1. The van der Waals surface area contributed by atoms with E-state index in [1.54, 1.807) is 19.3 Å². The van der Waals surface area contributed by atoms with E-state index in [0.29, 0.717) is 17.3 Å². The Kier molecular flexibility index (Phi) is 3.42. The molecule has 2 N–H and O–H groups in total. The molecule has 0 bridgehead atoms. The molecule has 6 heteroatoms. The van der Waals surface area contributed by atoms with Gasteiger partial charge in [-0.1, -0.05) is 24.3 Å². The zero-order valence-electron chi connectivity index (χ0n) is 11.4. The highest BCUT2D eigenvalue weighted by Gasteiger charge is 2.12. The molecule has 0 saturated heterocycles. The maximum atomic E-state index is 12.3. The van der Waals surface area contributed by atoms with Gasteiger partial charge >= 0.3 is 0 Å². The lowest BCUT2D eigenvalue weighted by Gasteiger charge is -2.09. The van der Waals surface area contributed by atoms with Crippen molar-refractivity contribution in [3.63, 3.8) is 0 Å². The molecule has 21 heavy (non-hydrogen) atoms. The number of benzene rings is 1. The maximum absolute atomic E-state index is 12.3. The first-order valence-corrected chi connectivity index (χ1v) is 6.43. The summed E-state index contributed by atoms with van der Waals surface area (Å²) < 4.78 is 0. The van der Waals surface area contributed by atoms with Crippen molar-refractivity contribution in [3.8, 4) is 0 Å². The summed E-state index contributed by atoms with van der Waals surface area (Å²) >= 11 is 0. The Hall–Kier alpha value is -3.02. The first kappa shape index (κ1) is 13.0. The molecule has 0 fully saturated rings. The van der Waals surface area contributed by atoms with Crippen LogP contribution in [-0.4, -0.2) is 27.9 Å². The van der Waals surface area contributed by atoms with Crippen LogP contribution in [0.2, 0.25) is 0 Å². The topological polar surface area (TPSA) is 79.8 Å². The number of anilines is 2. The highest BCUT2D eigenvalue weighted by atomic mass is 16.1. The molecule has 0 atom stereocenters. The molecular formula is C15H13N5O. The largest absolute Gasteiger partial charge is 0.373 e. The first-order valence-electron chi connectivity index (χ1n) is 6.43. The van der Waals surface area contributed by atoms with E-state index in [-0.39, 0.29) is 5.91 Å². The molecule has 2 heterocycles. The van der Waals surface area contributed by atoms with Crippen molar-refractivity contribution in [2.24, 2.45) is 0 Å². The van der Waals surface area contributed by atoms with Gasteiger partial charge in [-0.2, -0.15) is 0 Å². The van der Waals surface area contributed by atoms with Crippen LogP contribution < -0.4 is 10.6 Å². The number of pyridine rings is 1. The first-order chi connectivity index (χ1) is 10.3. The summed E-state index contributed by atoms with van der Waals surface area (Å²) in [7, 11) is 1.78. The van der Waals surface area contributed by atoms with Crippen LogP contribution in [0.3, 0.4) is 0 Å². The second-order valence-corrected chi connectivity index (χ2v) is 4.37. The number of aromatic nitrogens is 3. The van der Waals surface area contributed by atoms with Crippen molar-refractivity contribution in [1.29, 1.82) is 0 Å². The zero-order valence-corrected chi connectivity index (χ0v) is 11.4. The summed E-state index contributed by atoms with van der Waals surface area (Å²) in [4.78, 5) is 24.5. The zero-order chi connectivity index (χ0) is 14.7. The van der Waals surface area contributed by atoms with Gasteiger partial charge in [0.25, 0.3) is 5.91 Å². The van der Waals surface area contributed by atoms with Gasteiger partial charge in [0.05, 0.1) is 6.20 Å². The van der Waals surface area contributed by atoms with Gasteiger partial charge in [0, 0.05) is 24.8 Å². The van der Waals surface area contributed by atoms with Crippen LogP contribution in [0.4, 0.5) is 11.6 Å². The van der Waals surface area contributed by atoms with Gasteiger partial charge in [0.1, 0.15) is 11.5 Å². The number of carbonyl (C=O) groups excluding carboxylic acids is 1. The Bertz CT molecular complexity index is 788. The predicted molar refractivity (Wildman–Crippen MR) is 81.3 cm³/mol. The SMILES string of the molecule is CNc1nc(C(=O)Nc2cnccn2)cc2ccccc12. The smallest absolute Gasteiger partial charge is 0.275 e. The number of rotatable bonds is 3. The fraction of sp³-hybridized carbons (Fsp3) is 0.0667. The lowest BCUT2D eigenvalue weighted by molar-refractivity contribution is 0.102. The predicted octanol–water partition coefficient (Wildman–Crippen LogP) is 2.32. The fourth-order valence-corrected chi connectivity index (χ4v) is 2.05. The number of amides is 1. The normalized spacial score (nSPS) is 10.3. The van der Waals surface area contributed by atoms with E-state index >= 15 is 0 Å². The summed E-state index contributed by atoms with van der Waals surface area (Å²) in [5.41, 5.74) is 0.323. The third-order valence-corrected chi connectivity index (χ3v) is 3.01. The van der Waals surface area contributed by atoms with Gasteiger partial charge in [0.15, 0.2) is 5.82 Å². The minimum absolute atomic E-state index is 0.322. The second kappa shape index (κ2) is 5.54. The Balaban J connectivity index is 1.98. The monoisotopic (exact) mass is 279 g/mol. The van der Waals surface area contributed by atoms with Gasteiger partial charge in [-0.3, -0.25) is 9.78 Å². The van der Waals surface area contributed by atoms with Crippen molar-refractivity contribution in [2.75, 3.05) is 17.7 Å². The standard InChI is InChI=1S/C15H13N5O/c1-16-14-11-5-3-2-4-10(11)8-12(19-14)15(21)20-13-9-17-6-7-18-13/h2-9H,1H3,(H,16,19)(H,18,20,21). The Morgan fingerprint density at radius 1 is 1.19 bits per heavy atom. The van der Waals surface area contributed by atoms with Crippen LogP contribution in [0.25, 0.3) is 10.8 Å². The van der Waals surface area contributed by atoms with Crippen molar-refractivity contribution in [3.05, 3.63) is 54.6 Å². The summed E-state index contributed by atoms with van der Waals surface area (Å²) in [5.74, 6) is 0.735. The minimum Gasteiger partial charge on any atom is -0.373 e. The molecule has 0 spiro atoms. The Morgan fingerprint density at radius 3 is 2.81 bits per heavy atom. The highest BCUT2D eigenvalue weighted by molar-refractivity contribution is 6.06. The molecule has 0 saturated carbocycles. The third-order valence-electron chi connectivity index (χ3n) is 3.01. The minimum atomic E-state index is -0.322. The maximum Gasteiger partial charge on any atom is 0.275 e. The molecule has 1 amide bonds. The van der Waals surface area contributed by atoms with E-state index in [2.05, 4.69) is 25.6 Å². The molecule has 0 radical (unpaired) electrons. The average Bonchev–Trinajstić information content (AvgIpc) is 2.54. The van der Waals surface area contributed by atoms with E-state index in [4.69, 9.17) is 0 Å².